The van der Waals surface area contributed by atoms with Crippen molar-refractivity contribution in [3.8, 4) is 0 Å². The number of thiophene rings is 1. The molecule has 1 aromatic heterocycles. The molecule has 5 heteroatoms. The van der Waals surface area contributed by atoms with Crippen LogP contribution < -0.4 is 5.73 Å². The highest BCUT2D eigenvalue weighted by atomic mass is 32.1. The van der Waals surface area contributed by atoms with Gasteiger partial charge in [-0.3, -0.25) is 4.79 Å². The Morgan fingerprint density at radius 3 is 2.85 bits per heavy atom. The first-order valence-corrected chi connectivity index (χ1v) is 7.48. The molecule has 0 saturated heterocycles. The summed E-state index contributed by atoms with van der Waals surface area (Å²) < 4.78 is 6.37. The van der Waals surface area contributed by atoms with Crippen LogP contribution in [0.25, 0.3) is 10.1 Å². The first-order chi connectivity index (χ1) is 9.56. The summed E-state index contributed by atoms with van der Waals surface area (Å²) in [5, 5.41) is 0.969. The highest BCUT2D eigenvalue weighted by molar-refractivity contribution is 7.21. The van der Waals surface area contributed by atoms with Crippen molar-refractivity contribution in [3.05, 3.63) is 28.6 Å². The molecule has 0 aliphatic heterocycles. The summed E-state index contributed by atoms with van der Waals surface area (Å²) in [6, 6.07) is 5.96. The largest absolute Gasteiger partial charge is 0.397 e. The second-order valence-corrected chi connectivity index (χ2v) is 5.74. The normalized spacial score (nSPS) is 10.9. The number of ether oxygens (including phenoxy) is 1. The van der Waals surface area contributed by atoms with Gasteiger partial charge in [0.2, 0.25) is 0 Å². The number of anilines is 1. The van der Waals surface area contributed by atoms with Crippen LogP contribution in [0.5, 0.6) is 0 Å². The van der Waals surface area contributed by atoms with E-state index in [2.05, 4.69) is 0 Å². The highest BCUT2D eigenvalue weighted by Crippen LogP contribution is 2.36. The summed E-state index contributed by atoms with van der Waals surface area (Å²) in [7, 11) is 1.78. The van der Waals surface area contributed by atoms with Gasteiger partial charge in [0.15, 0.2) is 0 Å². The third-order valence-corrected chi connectivity index (χ3v) is 4.61. The Hall–Kier alpha value is -1.59. The third-order valence-electron chi connectivity index (χ3n) is 3.27. The Bertz CT molecular complexity index is 622. The topological polar surface area (TPSA) is 55.6 Å². The maximum Gasteiger partial charge on any atom is 0.265 e. The van der Waals surface area contributed by atoms with Crippen LogP contribution in [-0.4, -0.2) is 37.6 Å². The van der Waals surface area contributed by atoms with E-state index in [1.165, 1.54) is 11.3 Å². The average Bonchev–Trinajstić information content (AvgIpc) is 2.77. The quantitative estimate of drug-likeness (QED) is 0.862. The number of aryl methyl sites for hydroxylation is 1. The Kier molecular flexibility index (Phi) is 4.62. The van der Waals surface area contributed by atoms with E-state index in [1.54, 1.807) is 11.9 Å². The Morgan fingerprint density at radius 1 is 1.45 bits per heavy atom. The lowest BCUT2D eigenvalue weighted by molar-refractivity contribution is 0.0715. The second kappa shape index (κ2) is 6.24. The van der Waals surface area contributed by atoms with Crippen LogP contribution in [0, 0.1) is 6.92 Å². The molecule has 0 saturated carbocycles. The third kappa shape index (κ3) is 2.78. The van der Waals surface area contributed by atoms with Crippen molar-refractivity contribution in [2.45, 2.75) is 13.8 Å². The Labute approximate surface area is 123 Å². The summed E-state index contributed by atoms with van der Waals surface area (Å²) in [6.07, 6.45) is 0. The van der Waals surface area contributed by atoms with Crippen molar-refractivity contribution >= 4 is 33.0 Å². The van der Waals surface area contributed by atoms with Gasteiger partial charge in [-0.15, -0.1) is 11.3 Å². The van der Waals surface area contributed by atoms with Crippen molar-refractivity contribution < 1.29 is 9.53 Å². The molecule has 4 nitrogen and oxygen atoms in total. The van der Waals surface area contributed by atoms with Crippen LogP contribution in [0.4, 0.5) is 5.69 Å². The zero-order valence-electron chi connectivity index (χ0n) is 12.1. The van der Waals surface area contributed by atoms with Gasteiger partial charge in [0.05, 0.1) is 12.3 Å². The minimum absolute atomic E-state index is 0.0391. The first-order valence-electron chi connectivity index (χ1n) is 6.67. The van der Waals surface area contributed by atoms with Gasteiger partial charge in [-0.2, -0.15) is 0 Å². The minimum atomic E-state index is -0.0391. The lowest BCUT2D eigenvalue weighted by Crippen LogP contribution is -2.30. The number of likely N-dealkylation sites (N-methyl/N-ethyl adjacent to an activating group) is 1. The number of amides is 1. The predicted octanol–water partition coefficient (Wildman–Crippen LogP) is 2.90. The van der Waals surface area contributed by atoms with Crippen LogP contribution in [-0.2, 0) is 4.74 Å². The molecule has 108 valence electrons. The monoisotopic (exact) mass is 292 g/mol. The van der Waals surface area contributed by atoms with Crippen molar-refractivity contribution in [2.24, 2.45) is 0 Å². The molecule has 0 bridgehead atoms. The van der Waals surface area contributed by atoms with Gasteiger partial charge >= 0.3 is 0 Å². The van der Waals surface area contributed by atoms with E-state index in [4.69, 9.17) is 10.5 Å². The molecule has 2 N–H and O–H groups in total. The van der Waals surface area contributed by atoms with Gasteiger partial charge in [0.1, 0.15) is 4.88 Å². The van der Waals surface area contributed by atoms with Gasteiger partial charge in [-0.05, 0) is 19.4 Å². The molecule has 1 amide bonds. The number of carbonyl (C=O) groups excluding carboxylic acids is 1. The average molecular weight is 292 g/mol. The molecule has 0 spiro atoms. The van der Waals surface area contributed by atoms with E-state index < -0.39 is 0 Å². The Morgan fingerprint density at radius 2 is 2.20 bits per heavy atom. The minimum Gasteiger partial charge on any atom is -0.397 e. The first kappa shape index (κ1) is 14.8. The van der Waals surface area contributed by atoms with Crippen LogP contribution in [0.2, 0.25) is 0 Å². The van der Waals surface area contributed by atoms with Crippen molar-refractivity contribution in [1.82, 2.24) is 4.90 Å². The number of benzene rings is 1. The zero-order valence-corrected chi connectivity index (χ0v) is 12.9. The van der Waals surface area contributed by atoms with Gasteiger partial charge in [-0.1, -0.05) is 18.2 Å². The number of nitrogens with zero attached hydrogens (tertiary/aromatic N) is 1. The molecule has 0 aliphatic rings. The van der Waals surface area contributed by atoms with E-state index in [0.29, 0.717) is 30.3 Å². The van der Waals surface area contributed by atoms with E-state index in [9.17, 15) is 4.79 Å². The zero-order chi connectivity index (χ0) is 14.7. The van der Waals surface area contributed by atoms with Crippen molar-refractivity contribution in [1.29, 1.82) is 0 Å². The molecule has 1 aromatic carbocycles. The number of carbonyl (C=O) groups is 1. The number of nitrogens with two attached hydrogens (primary N) is 1. The lowest BCUT2D eigenvalue weighted by atomic mass is 10.1. The van der Waals surface area contributed by atoms with Crippen LogP contribution in [0.3, 0.4) is 0 Å². The molecule has 20 heavy (non-hydrogen) atoms. The fraction of sp³-hybridized carbons (Fsp3) is 0.400. The summed E-state index contributed by atoms with van der Waals surface area (Å²) in [5.74, 6) is -0.0391. The molecular weight excluding hydrogens is 272 g/mol. The van der Waals surface area contributed by atoms with Gasteiger partial charge in [-0.25, -0.2) is 0 Å². The van der Waals surface area contributed by atoms with Gasteiger partial charge in [0, 0.05) is 30.3 Å². The predicted molar refractivity (Wildman–Crippen MR) is 84.4 cm³/mol. The highest BCUT2D eigenvalue weighted by Gasteiger charge is 2.20. The number of hydrogen-bond donors (Lipinski definition) is 1. The maximum atomic E-state index is 12.4. The SMILES string of the molecule is CCOCCN(C)C(=O)c1sc2c(C)cccc2c1N. The van der Waals surface area contributed by atoms with E-state index in [1.807, 2.05) is 32.0 Å². The van der Waals surface area contributed by atoms with Crippen molar-refractivity contribution in [3.63, 3.8) is 0 Å². The molecule has 0 aliphatic carbocycles. The van der Waals surface area contributed by atoms with Crippen LogP contribution >= 0.6 is 11.3 Å². The molecule has 2 aromatic rings. The Balaban J connectivity index is 2.26. The number of fused-ring (bicyclic) bond motifs is 1. The van der Waals surface area contributed by atoms with Crippen LogP contribution in [0.15, 0.2) is 18.2 Å². The summed E-state index contributed by atoms with van der Waals surface area (Å²) in [5.41, 5.74) is 7.87. The lowest BCUT2D eigenvalue weighted by Gasteiger charge is -2.16. The fourth-order valence-corrected chi connectivity index (χ4v) is 3.24. The molecule has 1 heterocycles. The second-order valence-electron chi connectivity index (χ2n) is 4.72. The number of nitrogen functional groups attached to an aromatic ring is 1. The van der Waals surface area contributed by atoms with Gasteiger partial charge in [0.25, 0.3) is 5.91 Å². The standard InChI is InChI=1S/C15H20N2O2S/c1-4-19-9-8-17(3)15(18)14-12(16)11-7-5-6-10(2)13(11)20-14/h5-7H,4,8-9,16H2,1-3H3. The van der Waals surface area contributed by atoms with E-state index in [-0.39, 0.29) is 5.91 Å². The molecule has 0 unspecified atom stereocenters. The molecule has 0 radical (unpaired) electrons. The molecule has 0 atom stereocenters. The fourth-order valence-electron chi connectivity index (χ4n) is 2.06. The number of rotatable bonds is 5. The van der Waals surface area contributed by atoms with Crippen LogP contribution in [0.1, 0.15) is 22.2 Å². The molecule has 2 rings (SSSR count). The van der Waals surface area contributed by atoms with E-state index >= 15 is 0 Å². The summed E-state index contributed by atoms with van der Waals surface area (Å²) in [6.45, 7) is 5.74. The summed E-state index contributed by atoms with van der Waals surface area (Å²) >= 11 is 1.47. The summed E-state index contributed by atoms with van der Waals surface area (Å²) in [4.78, 5) is 14.7. The smallest absolute Gasteiger partial charge is 0.265 e. The molecule has 0 fully saturated rings. The maximum absolute atomic E-state index is 12.4. The molecular formula is C15H20N2O2S. The van der Waals surface area contributed by atoms with Crippen molar-refractivity contribution in [2.75, 3.05) is 32.5 Å². The van der Waals surface area contributed by atoms with Gasteiger partial charge < -0.3 is 15.4 Å². The van der Waals surface area contributed by atoms with E-state index in [0.717, 1.165) is 15.6 Å². The number of hydrogen-bond acceptors (Lipinski definition) is 4.